The predicted octanol–water partition coefficient (Wildman–Crippen LogP) is 2.75. The van der Waals surface area contributed by atoms with Crippen LogP contribution in [0.5, 0.6) is 0 Å². The number of hydrogen-bond donors (Lipinski definition) is 1. The van der Waals surface area contributed by atoms with E-state index in [9.17, 15) is 4.79 Å². The number of nitrogens with one attached hydrogen (secondary N) is 1. The molecule has 0 unspecified atom stereocenters. The SMILES string of the molecule is Cc1nnc(NC(=O)c2ccc(Cl)cc2)s1. The second-order valence-electron chi connectivity index (χ2n) is 3.09. The molecule has 4 nitrogen and oxygen atoms in total. The lowest BCUT2D eigenvalue weighted by Crippen LogP contribution is -2.11. The number of aromatic nitrogens is 2. The Labute approximate surface area is 101 Å². The summed E-state index contributed by atoms with van der Waals surface area (Å²) < 4.78 is 0. The molecule has 0 saturated carbocycles. The van der Waals surface area contributed by atoms with Crippen LogP contribution < -0.4 is 5.32 Å². The van der Waals surface area contributed by atoms with E-state index in [2.05, 4.69) is 15.5 Å². The van der Waals surface area contributed by atoms with Gasteiger partial charge in [0.1, 0.15) is 5.01 Å². The van der Waals surface area contributed by atoms with Gasteiger partial charge in [-0.1, -0.05) is 22.9 Å². The molecule has 0 spiro atoms. The predicted molar refractivity (Wildman–Crippen MR) is 64.1 cm³/mol. The first-order valence-corrected chi connectivity index (χ1v) is 5.71. The second kappa shape index (κ2) is 4.59. The fourth-order valence-corrected chi connectivity index (χ4v) is 1.83. The van der Waals surface area contributed by atoms with Gasteiger partial charge in [0, 0.05) is 10.6 Å². The van der Waals surface area contributed by atoms with Gasteiger partial charge >= 0.3 is 0 Å². The zero-order chi connectivity index (χ0) is 11.5. The van der Waals surface area contributed by atoms with E-state index in [1.54, 1.807) is 24.3 Å². The summed E-state index contributed by atoms with van der Waals surface area (Å²) in [5.41, 5.74) is 0.539. The van der Waals surface area contributed by atoms with Crippen LogP contribution in [0.2, 0.25) is 5.02 Å². The number of benzene rings is 1. The summed E-state index contributed by atoms with van der Waals surface area (Å²) in [7, 11) is 0. The van der Waals surface area contributed by atoms with Gasteiger partial charge in [0.2, 0.25) is 5.13 Å². The molecule has 1 aromatic carbocycles. The van der Waals surface area contributed by atoms with Crippen molar-refractivity contribution in [1.82, 2.24) is 10.2 Å². The molecule has 0 atom stereocenters. The number of nitrogens with zero attached hydrogens (tertiary/aromatic N) is 2. The lowest BCUT2D eigenvalue weighted by atomic mass is 10.2. The normalized spacial score (nSPS) is 10.1. The second-order valence-corrected chi connectivity index (χ2v) is 4.71. The van der Waals surface area contributed by atoms with Gasteiger partial charge in [-0.3, -0.25) is 10.1 Å². The van der Waals surface area contributed by atoms with Gasteiger partial charge in [0.05, 0.1) is 0 Å². The van der Waals surface area contributed by atoms with E-state index in [1.807, 2.05) is 6.92 Å². The van der Waals surface area contributed by atoms with Crippen molar-refractivity contribution in [2.75, 3.05) is 5.32 Å². The van der Waals surface area contributed by atoms with E-state index in [0.717, 1.165) is 5.01 Å². The molecule has 0 aliphatic carbocycles. The van der Waals surface area contributed by atoms with Gasteiger partial charge in [-0.25, -0.2) is 0 Å². The Morgan fingerprint density at radius 3 is 2.56 bits per heavy atom. The molecule has 2 aromatic rings. The molecular formula is C10H8ClN3OS. The highest BCUT2D eigenvalue weighted by atomic mass is 35.5. The fraction of sp³-hybridized carbons (Fsp3) is 0.100. The molecule has 0 fully saturated rings. The number of carbonyl (C=O) groups excluding carboxylic acids is 1. The average Bonchev–Trinajstić information content (AvgIpc) is 2.65. The highest BCUT2D eigenvalue weighted by molar-refractivity contribution is 7.15. The van der Waals surface area contributed by atoms with E-state index >= 15 is 0 Å². The number of carbonyl (C=O) groups is 1. The lowest BCUT2D eigenvalue weighted by molar-refractivity contribution is 0.102. The summed E-state index contributed by atoms with van der Waals surface area (Å²) in [5.74, 6) is -0.215. The van der Waals surface area contributed by atoms with Gasteiger partial charge in [0.15, 0.2) is 0 Å². The van der Waals surface area contributed by atoms with E-state index in [0.29, 0.717) is 15.7 Å². The molecule has 0 saturated heterocycles. The number of amides is 1. The van der Waals surface area contributed by atoms with Crippen molar-refractivity contribution in [3.05, 3.63) is 39.9 Å². The van der Waals surface area contributed by atoms with Crippen LogP contribution in [0.1, 0.15) is 15.4 Å². The molecule has 0 aliphatic rings. The Hall–Kier alpha value is -1.46. The molecule has 1 N–H and O–H groups in total. The van der Waals surface area contributed by atoms with Gasteiger partial charge in [-0.05, 0) is 31.2 Å². The van der Waals surface area contributed by atoms with Crippen LogP contribution in [0.25, 0.3) is 0 Å². The molecule has 6 heteroatoms. The quantitative estimate of drug-likeness (QED) is 0.895. The minimum absolute atomic E-state index is 0.215. The van der Waals surface area contributed by atoms with Crippen LogP contribution in [0.3, 0.4) is 0 Å². The zero-order valence-electron chi connectivity index (χ0n) is 8.40. The van der Waals surface area contributed by atoms with Gasteiger partial charge in [-0.2, -0.15) is 0 Å². The highest BCUT2D eigenvalue weighted by Crippen LogP contribution is 2.15. The third-order valence-electron chi connectivity index (χ3n) is 1.85. The fourth-order valence-electron chi connectivity index (χ4n) is 1.12. The maximum atomic E-state index is 11.7. The van der Waals surface area contributed by atoms with E-state index in [1.165, 1.54) is 11.3 Å². The molecule has 0 aliphatic heterocycles. The summed E-state index contributed by atoms with van der Waals surface area (Å²) >= 11 is 7.06. The molecule has 2 rings (SSSR count). The molecular weight excluding hydrogens is 246 g/mol. The number of aryl methyl sites for hydroxylation is 1. The third-order valence-corrected chi connectivity index (χ3v) is 2.86. The molecule has 16 heavy (non-hydrogen) atoms. The first-order valence-electron chi connectivity index (χ1n) is 4.52. The van der Waals surface area contributed by atoms with Crippen LogP contribution in [0.4, 0.5) is 5.13 Å². The van der Waals surface area contributed by atoms with Crippen LogP contribution >= 0.6 is 22.9 Å². The Morgan fingerprint density at radius 2 is 2.00 bits per heavy atom. The molecule has 1 aromatic heterocycles. The van der Waals surface area contributed by atoms with Gasteiger partial charge in [-0.15, -0.1) is 10.2 Å². The lowest BCUT2D eigenvalue weighted by Gasteiger charge is -2.00. The van der Waals surface area contributed by atoms with Gasteiger partial charge < -0.3 is 0 Å². The summed E-state index contributed by atoms with van der Waals surface area (Å²) in [4.78, 5) is 11.7. The number of anilines is 1. The topological polar surface area (TPSA) is 54.9 Å². The van der Waals surface area contributed by atoms with Crippen LogP contribution in [-0.4, -0.2) is 16.1 Å². The summed E-state index contributed by atoms with van der Waals surface area (Å²) in [6.07, 6.45) is 0. The van der Waals surface area contributed by atoms with Crippen molar-refractivity contribution >= 4 is 34.0 Å². The first-order chi connectivity index (χ1) is 7.65. The molecule has 82 valence electrons. The first kappa shape index (κ1) is 11.0. The van der Waals surface area contributed by atoms with Crippen LogP contribution in [0.15, 0.2) is 24.3 Å². The van der Waals surface area contributed by atoms with Crippen molar-refractivity contribution in [2.45, 2.75) is 6.92 Å². The standard InChI is InChI=1S/C10H8ClN3OS/c1-6-13-14-10(16-6)12-9(15)7-2-4-8(11)5-3-7/h2-5H,1H3,(H,12,14,15). The Balaban J connectivity index is 2.11. The molecule has 0 bridgehead atoms. The summed E-state index contributed by atoms with van der Waals surface area (Å²) in [6.45, 7) is 1.83. The van der Waals surface area contributed by atoms with E-state index < -0.39 is 0 Å². The monoisotopic (exact) mass is 253 g/mol. The van der Waals surface area contributed by atoms with Crippen LogP contribution in [-0.2, 0) is 0 Å². The van der Waals surface area contributed by atoms with Crippen molar-refractivity contribution in [2.24, 2.45) is 0 Å². The van der Waals surface area contributed by atoms with Crippen LogP contribution in [0, 0.1) is 6.92 Å². The largest absolute Gasteiger partial charge is 0.296 e. The average molecular weight is 254 g/mol. The zero-order valence-corrected chi connectivity index (χ0v) is 9.97. The van der Waals surface area contributed by atoms with Gasteiger partial charge in [0.25, 0.3) is 5.91 Å². The molecule has 1 heterocycles. The van der Waals surface area contributed by atoms with E-state index in [-0.39, 0.29) is 5.91 Å². The highest BCUT2D eigenvalue weighted by Gasteiger charge is 2.08. The van der Waals surface area contributed by atoms with Crippen molar-refractivity contribution in [3.8, 4) is 0 Å². The smallest absolute Gasteiger partial charge is 0.257 e. The Kier molecular flexibility index (Phi) is 3.17. The molecule has 0 radical (unpaired) electrons. The number of halogens is 1. The maximum Gasteiger partial charge on any atom is 0.257 e. The number of rotatable bonds is 2. The Morgan fingerprint density at radius 1 is 1.31 bits per heavy atom. The number of hydrogen-bond acceptors (Lipinski definition) is 4. The minimum atomic E-state index is -0.215. The summed E-state index contributed by atoms with van der Waals surface area (Å²) in [5, 5.41) is 12.2. The summed E-state index contributed by atoms with van der Waals surface area (Å²) in [6, 6.07) is 6.65. The molecule has 1 amide bonds. The van der Waals surface area contributed by atoms with Crippen molar-refractivity contribution in [3.63, 3.8) is 0 Å². The van der Waals surface area contributed by atoms with Crippen molar-refractivity contribution in [1.29, 1.82) is 0 Å². The van der Waals surface area contributed by atoms with E-state index in [4.69, 9.17) is 11.6 Å². The minimum Gasteiger partial charge on any atom is -0.296 e. The Bertz CT molecular complexity index is 509. The van der Waals surface area contributed by atoms with Crippen molar-refractivity contribution < 1.29 is 4.79 Å². The maximum absolute atomic E-state index is 11.7. The third kappa shape index (κ3) is 2.56.